The second kappa shape index (κ2) is 4.34. The number of halogens is 6. The summed E-state index contributed by atoms with van der Waals surface area (Å²) in [5.41, 5.74) is -7.80. The molecule has 0 fully saturated rings. The van der Waals surface area contributed by atoms with Gasteiger partial charge < -0.3 is 0 Å². The minimum Gasteiger partial charge on any atom is -0.276 e. The van der Waals surface area contributed by atoms with E-state index in [0.29, 0.717) is 12.1 Å². The molecule has 0 spiro atoms. The number of hydrogen-bond donors (Lipinski definition) is 1. The lowest BCUT2D eigenvalue weighted by atomic mass is 10.2. The second-order valence-corrected chi connectivity index (χ2v) is 4.73. The molecule has 0 heterocycles. The standard InChI is InChI=1S/C8H4F6NO2S/c9-7(10,11)5-2-1-3-6(4-5)15-18(16,17)8(12,13)14/h2-4,15H. The van der Waals surface area contributed by atoms with Crippen LogP contribution in [0.3, 0.4) is 0 Å². The summed E-state index contributed by atoms with van der Waals surface area (Å²) in [4.78, 5) is 0. The van der Waals surface area contributed by atoms with Crippen molar-refractivity contribution in [2.45, 2.75) is 11.7 Å². The SMILES string of the molecule is O=S(=O)(Nc1c[c]cc(C(F)(F)F)c1)C(F)(F)F. The largest absolute Gasteiger partial charge is 0.516 e. The van der Waals surface area contributed by atoms with Crippen molar-refractivity contribution in [3.8, 4) is 0 Å². The van der Waals surface area contributed by atoms with E-state index in [-0.39, 0.29) is 6.07 Å². The molecule has 0 bridgehead atoms. The zero-order chi connectivity index (χ0) is 14.2. The normalized spacial score (nSPS) is 13.4. The van der Waals surface area contributed by atoms with Crippen molar-refractivity contribution < 1.29 is 34.8 Å². The highest BCUT2D eigenvalue weighted by Crippen LogP contribution is 2.32. The van der Waals surface area contributed by atoms with Crippen molar-refractivity contribution in [3.05, 3.63) is 29.8 Å². The Morgan fingerprint density at radius 2 is 1.61 bits per heavy atom. The molecular formula is C8H4F6NO2S. The monoisotopic (exact) mass is 292 g/mol. The third kappa shape index (κ3) is 3.28. The number of anilines is 1. The van der Waals surface area contributed by atoms with Crippen molar-refractivity contribution >= 4 is 15.7 Å². The van der Waals surface area contributed by atoms with E-state index in [4.69, 9.17) is 0 Å². The molecule has 0 atom stereocenters. The molecule has 0 amide bonds. The van der Waals surface area contributed by atoms with Gasteiger partial charge in [-0.2, -0.15) is 34.8 Å². The molecule has 18 heavy (non-hydrogen) atoms. The van der Waals surface area contributed by atoms with Gasteiger partial charge in [0.15, 0.2) is 0 Å². The summed E-state index contributed by atoms with van der Waals surface area (Å²) in [6.45, 7) is 0. The highest BCUT2D eigenvalue weighted by Gasteiger charge is 2.46. The smallest absolute Gasteiger partial charge is 0.276 e. The molecular weight excluding hydrogens is 288 g/mol. The Hall–Kier alpha value is -1.45. The maximum Gasteiger partial charge on any atom is 0.516 e. The molecule has 0 saturated carbocycles. The van der Waals surface area contributed by atoms with E-state index in [9.17, 15) is 34.8 Å². The van der Waals surface area contributed by atoms with Gasteiger partial charge in [0.25, 0.3) is 0 Å². The van der Waals surface area contributed by atoms with Crippen molar-refractivity contribution in [3.63, 3.8) is 0 Å². The molecule has 101 valence electrons. The van der Waals surface area contributed by atoms with Gasteiger partial charge in [-0.05, 0) is 24.3 Å². The first-order valence-corrected chi connectivity index (χ1v) is 5.59. The van der Waals surface area contributed by atoms with Gasteiger partial charge in [0.2, 0.25) is 0 Å². The number of sulfonamides is 1. The van der Waals surface area contributed by atoms with Crippen molar-refractivity contribution in [1.82, 2.24) is 0 Å². The van der Waals surface area contributed by atoms with Gasteiger partial charge in [-0.15, -0.1) is 0 Å². The zero-order valence-corrected chi connectivity index (χ0v) is 9.04. The molecule has 0 aliphatic heterocycles. The minimum absolute atomic E-state index is 0.236. The van der Waals surface area contributed by atoms with E-state index in [1.54, 1.807) is 0 Å². The number of benzene rings is 1. The van der Waals surface area contributed by atoms with Crippen LogP contribution in [-0.4, -0.2) is 13.9 Å². The van der Waals surface area contributed by atoms with Gasteiger partial charge in [0.05, 0.1) is 11.3 Å². The van der Waals surface area contributed by atoms with E-state index in [2.05, 4.69) is 0 Å². The average Bonchev–Trinajstić information content (AvgIpc) is 2.14. The van der Waals surface area contributed by atoms with Crippen LogP contribution in [0.2, 0.25) is 0 Å². The predicted molar refractivity (Wildman–Crippen MR) is 48.9 cm³/mol. The fraction of sp³-hybridized carbons (Fsp3) is 0.250. The summed E-state index contributed by atoms with van der Waals surface area (Å²) >= 11 is 0. The topological polar surface area (TPSA) is 46.2 Å². The van der Waals surface area contributed by atoms with Gasteiger partial charge >= 0.3 is 21.7 Å². The van der Waals surface area contributed by atoms with Crippen LogP contribution in [0.1, 0.15) is 5.56 Å². The second-order valence-electron chi connectivity index (χ2n) is 3.06. The predicted octanol–water partition coefficient (Wildman–Crippen LogP) is 2.77. The summed E-state index contributed by atoms with van der Waals surface area (Å²) in [7, 11) is -5.75. The molecule has 0 unspecified atom stereocenters. The Labute approximate surface area is 97.5 Å². The van der Waals surface area contributed by atoms with E-state index in [1.807, 2.05) is 6.07 Å². The van der Waals surface area contributed by atoms with Crippen LogP contribution in [0, 0.1) is 6.07 Å². The summed E-state index contributed by atoms with van der Waals surface area (Å²) < 4.78 is 94.8. The summed E-state index contributed by atoms with van der Waals surface area (Å²) in [6.07, 6.45) is -4.81. The van der Waals surface area contributed by atoms with Crippen LogP contribution in [0.25, 0.3) is 0 Å². The first kappa shape index (κ1) is 14.6. The molecule has 1 aromatic carbocycles. The molecule has 10 heteroatoms. The third-order valence-electron chi connectivity index (χ3n) is 1.67. The molecule has 0 aliphatic carbocycles. The average molecular weight is 292 g/mol. The van der Waals surface area contributed by atoms with Crippen LogP contribution in [0.5, 0.6) is 0 Å². The Kier molecular flexibility index (Phi) is 3.52. The molecule has 0 aliphatic rings. The van der Waals surface area contributed by atoms with Crippen LogP contribution >= 0.6 is 0 Å². The Morgan fingerprint density at radius 3 is 2.06 bits per heavy atom. The quantitative estimate of drug-likeness (QED) is 0.852. The van der Waals surface area contributed by atoms with Crippen molar-refractivity contribution in [2.24, 2.45) is 0 Å². The maximum atomic E-state index is 12.2. The zero-order valence-electron chi connectivity index (χ0n) is 8.22. The van der Waals surface area contributed by atoms with Crippen LogP contribution < -0.4 is 4.72 Å². The Balaban J connectivity index is 3.08. The summed E-state index contributed by atoms with van der Waals surface area (Å²) in [5, 5.41) is 0. The van der Waals surface area contributed by atoms with E-state index in [0.717, 1.165) is 4.72 Å². The number of hydrogen-bond acceptors (Lipinski definition) is 2. The van der Waals surface area contributed by atoms with Crippen molar-refractivity contribution in [2.75, 3.05) is 4.72 Å². The molecule has 1 aromatic rings. The lowest BCUT2D eigenvalue weighted by Gasteiger charge is -2.12. The van der Waals surface area contributed by atoms with Gasteiger partial charge in [0, 0.05) is 0 Å². The van der Waals surface area contributed by atoms with Gasteiger partial charge in [-0.25, -0.2) is 0 Å². The van der Waals surface area contributed by atoms with E-state index < -0.39 is 33.0 Å². The van der Waals surface area contributed by atoms with Crippen molar-refractivity contribution in [1.29, 1.82) is 0 Å². The first-order chi connectivity index (χ1) is 7.93. The van der Waals surface area contributed by atoms with E-state index >= 15 is 0 Å². The highest BCUT2D eigenvalue weighted by molar-refractivity contribution is 7.93. The fourth-order valence-electron chi connectivity index (χ4n) is 0.908. The third-order valence-corrected chi connectivity index (χ3v) is 2.79. The minimum atomic E-state index is -5.75. The first-order valence-electron chi connectivity index (χ1n) is 4.11. The van der Waals surface area contributed by atoms with E-state index in [1.165, 1.54) is 0 Å². The van der Waals surface area contributed by atoms with Gasteiger partial charge in [-0.3, -0.25) is 4.72 Å². The molecule has 1 N–H and O–H groups in total. The van der Waals surface area contributed by atoms with Crippen LogP contribution in [0.15, 0.2) is 18.2 Å². The highest BCUT2D eigenvalue weighted by atomic mass is 32.2. The fourth-order valence-corrected chi connectivity index (χ4v) is 1.45. The summed E-state index contributed by atoms with van der Waals surface area (Å²) in [6, 6.07) is 3.26. The van der Waals surface area contributed by atoms with Crippen LogP contribution in [0.4, 0.5) is 32.0 Å². The number of rotatable bonds is 2. The molecule has 0 saturated heterocycles. The number of alkyl halides is 6. The van der Waals surface area contributed by atoms with Crippen LogP contribution in [-0.2, 0) is 16.2 Å². The van der Waals surface area contributed by atoms with Gasteiger partial charge in [-0.1, -0.05) is 0 Å². The lowest BCUT2D eigenvalue weighted by Crippen LogP contribution is -2.30. The molecule has 1 rings (SSSR count). The van der Waals surface area contributed by atoms with Gasteiger partial charge in [0.1, 0.15) is 0 Å². The number of nitrogens with one attached hydrogen (secondary N) is 1. The summed E-state index contributed by atoms with van der Waals surface area (Å²) in [5.74, 6) is 0. The maximum absolute atomic E-state index is 12.2. The Morgan fingerprint density at radius 1 is 1.06 bits per heavy atom. The molecule has 0 aromatic heterocycles. The lowest BCUT2D eigenvalue weighted by molar-refractivity contribution is -0.137. The Bertz CT molecular complexity index is 533. The molecule has 3 nitrogen and oxygen atoms in total. The molecule has 1 radical (unpaired) electrons.